The van der Waals surface area contributed by atoms with Crippen LogP contribution in [0.2, 0.25) is 0 Å². The van der Waals surface area contributed by atoms with Crippen LogP contribution in [0.4, 0.5) is 4.79 Å². The van der Waals surface area contributed by atoms with E-state index in [1.807, 2.05) is 0 Å². The fraction of sp³-hybridized carbons (Fsp3) is 0.818. The summed E-state index contributed by atoms with van der Waals surface area (Å²) in [6, 6.07) is -0.880. The van der Waals surface area contributed by atoms with Gasteiger partial charge in [0.1, 0.15) is 5.41 Å². The second-order valence-corrected chi connectivity index (χ2v) is 4.97. The molecule has 0 aliphatic carbocycles. The summed E-state index contributed by atoms with van der Waals surface area (Å²) >= 11 is 0. The SMILES string of the molecule is CC1(C(=O)O)COCC1NC(=O)NC1CCOC1. The molecule has 2 aliphatic rings. The largest absolute Gasteiger partial charge is 0.481 e. The van der Waals surface area contributed by atoms with Crippen molar-refractivity contribution < 1.29 is 24.2 Å². The van der Waals surface area contributed by atoms with Gasteiger partial charge in [-0.1, -0.05) is 0 Å². The summed E-state index contributed by atoms with van der Waals surface area (Å²) in [7, 11) is 0. The molecule has 0 saturated carbocycles. The van der Waals surface area contributed by atoms with Crippen LogP contribution in [0.15, 0.2) is 0 Å². The summed E-state index contributed by atoms with van der Waals surface area (Å²) in [4.78, 5) is 22.9. The first-order valence-electron chi connectivity index (χ1n) is 5.98. The number of carboxylic acids is 1. The first-order chi connectivity index (χ1) is 8.52. The Kier molecular flexibility index (Phi) is 3.72. The fourth-order valence-corrected chi connectivity index (χ4v) is 2.12. The number of aliphatic carboxylic acids is 1. The number of rotatable bonds is 3. The lowest BCUT2D eigenvalue weighted by atomic mass is 9.85. The lowest BCUT2D eigenvalue weighted by molar-refractivity contribution is -0.148. The molecular formula is C11H18N2O5. The number of hydrogen-bond acceptors (Lipinski definition) is 4. The van der Waals surface area contributed by atoms with Gasteiger partial charge < -0.3 is 25.2 Å². The van der Waals surface area contributed by atoms with Gasteiger partial charge in [0, 0.05) is 6.61 Å². The van der Waals surface area contributed by atoms with Crippen molar-refractivity contribution >= 4 is 12.0 Å². The summed E-state index contributed by atoms with van der Waals surface area (Å²) in [5.41, 5.74) is -1.07. The molecule has 2 amide bonds. The third-order valence-corrected chi connectivity index (χ3v) is 3.51. The van der Waals surface area contributed by atoms with Gasteiger partial charge in [0.25, 0.3) is 0 Å². The van der Waals surface area contributed by atoms with Gasteiger partial charge in [-0.15, -0.1) is 0 Å². The summed E-state index contributed by atoms with van der Waals surface area (Å²) in [5, 5.41) is 14.6. The highest BCUT2D eigenvalue weighted by molar-refractivity contribution is 5.79. The van der Waals surface area contributed by atoms with Crippen LogP contribution in [0.3, 0.4) is 0 Å². The standard InChI is InChI=1S/C11H18N2O5/c1-11(9(14)15)6-18-5-8(11)13-10(16)12-7-2-3-17-4-7/h7-8H,2-6H2,1H3,(H,14,15)(H2,12,13,16). The van der Waals surface area contributed by atoms with Crippen molar-refractivity contribution in [3.63, 3.8) is 0 Å². The predicted octanol–water partition coefficient (Wildman–Crippen LogP) is -0.436. The molecule has 18 heavy (non-hydrogen) atoms. The third kappa shape index (κ3) is 2.56. The third-order valence-electron chi connectivity index (χ3n) is 3.51. The van der Waals surface area contributed by atoms with Gasteiger partial charge in [0.2, 0.25) is 0 Å². The molecule has 102 valence electrons. The molecule has 3 unspecified atom stereocenters. The minimum Gasteiger partial charge on any atom is -0.481 e. The number of nitrogens with one attached hydrogen (secondary N) is 2. The zero-order chi connectivity index (χ0) is 13.2. The fourth-order valence-electron chi connectivity index (χ4n) is 2.12. The van der Waals surface area contributed by atoms with Gasteiger partial charge in [-0.25, -0.2) is 4.79 Å². The molecule has 2 fully saturated rings. The van der Waals surface area contributed by atoms with Crippen LogP contribution >= 0.6 is 0 Å². The van der Waals surface area contributed by atoms with Gasteiger partial charge in [-0.3, -0.25) is 4.79 Å². The monoisotopic (exact) mass is 258 g/mol. The van der Waals surface area contributed by atoms with Gasteiger partial charge in [0.05, 0.1) is 31.9 Å². The number of carbonyl (C=O) groups is 2. The van der Waals surface area contributed by atoms with Crippen LogP contribution in [0.1, 0.15) is 13.3 Å². The van der Waals surface area contributed by atoms with Gasteiger partial charge in [0.15, 0.2) is 0 Å². The van der Waals surface area contributed by atoms with E-state index in [0.29, 0.717) is 13.2 Å². The van der Waals surface area contributed by atoms with E-state index in [-0.39, 0.29) is 25.3 Å². The maximum Gasteiger partial charge on any atom is 0.315 e. The molecule has 3 atom stereocenters. The number of carboxylic acid groups (broad SMARTS) is 1. The Bertz CT molecular complexity index is 342. The van der Waals surface area contributed by atoms with E-state index in [1.54, 1.807) is 6.92 Å². The Hall–Kier alpha value is -1.34. The van der Waals surface area contributed by atoms with E-state index in [2.05, 4.69) is 10.6 Å². The molecular weight excluding hydrogens is 240 g/mol. The molecule has 0 aromatic rings. The Morgan fingerprint density at radius 2 is 2.06 bits per heavy atom. The minimum atomic E-state index is -1.07. The van der Waals surface area contributed by atoms with Crippen molar-refractivity contribution in [2.75, 3.05) is 26.4 Å². The van der Waals surface area contributed by atoms with Crippen LogP contribution in [0.5, 0.6) is 0 Å². The number of carbonyl (C=O) groups excluding carboxylic acids is 1. The van der Waals surface area contributed by atoms with Gasteiger partial charge in [-0.2, -0.15) is 0 Å². The van der Waals surface area contributed by atoms with Crippen LogP contribution in [0, 0.1) is 5.41 Å². The zero-order valence-corrected chi connectivity index (χ0v) is 10.3. The lowest BCUT2D eigenvalue weighted by Crippen LogP contribution is -2.54. The highest BCUT2D eigenvalue weighted by atomic mass is 16.5. The smallest absolute Gasteiger partial charge is 0.315 e. The maximum atomic E-state index is 11.7. The van der Waals surface area contributed by atoms with Crippen molar-refractivity contribution in [2.45, 2.75) is 25.4 Å². The van der Waals surface area contributed by atoms with Crippen molar-refractivity contribution in [1.82, 2.24) is 10.6 Å². The van der Waals surface area contributed by atoms with Crippen LogP contribution in [-0.2, 0) is 14.3 Å². The molecule has 0 radical (unpaired) electrons. The Morgan fingerprint density at radius 3 is 2.67 bits per heavy atom. The topological polar surface area (TPSA) is 96.9 Å². The molecule has 2 heterocycles. The van der Waals surface area contributed by atoms with E-state index in [0.717, 1.165) is 6.42 Å². The summed E-state index contributed by atoms with van der Waals surface area (Å²) < 4.78 is 10.3. The van der Waals surface area contributed by atoms with Crippen molar-refractivity contribution in [3.8, 4) is 0 Å². The van der Waals surface area contributed by atoms with Crippen molar-refractivity contribution in [2.24, 2.45) is 5.41 Å². The van der Waals surface area contributed by atoms with E-state index in [4.69, 9.17) is 14.6 Å². The Labute approximate surface area is 105 Å². The van der Waals surface area contributed by atoms with E-state index >= 15 is 0 Å². The average Bonchev–Trinajstić information content (AvgIpc) is 2.90. The number of urea groups is 1. The first kappa shape index (κ1) is 13.1. The highest BCUT2D eigenvalue weighted by Gasteiger charge is 2.47. The minimum absolute atomic E-state index is 0.00315. The number of hydrogen-bond donors (Lipinski definition) is 3. The van der Waals surface area contributed by atoms with Gasteiger partial charge >= 0.3 is 12.0 Å². The molecule has 2 saturated heterocycles. The number of amides is 2. The van der Waals surface area contributed by atoms with Crippen LogP contribution < -0.4 is 10.6 Å². The molecule has 2 aliphatic heterocycles. The number of ether oxygens (including phenoxy) is 2. The molecule has 0 aromatic heterocycles. The summed E-state index contributed by atoms with van der Waals surface area (Å²) in [6.07, 6.45) is 0.783. The van der Waals surface area contributed by atoms with E-state index in [1.165, 1.54) is 0 Å². The second-order valence-electron chi connectivity index (χ2n) is 4.97. The molecule has 0 spiro atoms. The maximum absolute atomic E-state index is 11.7. The molecule has 2 rings (SSSR count). The normalized spacial score (nSPS) is 35.4. The average molecular weight is 258 g/mol. The molecule has 0 bridgehead atoms. The van der Waals surface area contributed by atoms with Crippen molar-refractivity contribution in [1.29, 1.82) is 0 Å². The van der Waals surface area contributed by atoms with E-state index in [9.17, 15) is 9.59 Å². The van der Waals surface area contributed by atoms with Crippen molar-refractivity contribution in [3.05, 3.63) is 0 Å². The molecule has 7 nitrogen and oxygen atoms in total. The highest BCUT2D eigenvalue weighted by Crippen LogP contribution is 2.28. The summed E-state index contributed by atoms with van der Waals surface area (Å²) in [6.45, 7) is 3.05. The van der Waals surface area contributed by atoms with E-state index < -0.39 is 17.4 Å². The second kappa shape index (κ2) is 5.11. The Balaban J connectivity index is 1.88. The lowest BCUT2D eigenvalue weighted by Gasteiger charge is -2.26. The zero-order valence-electron chi connectivity index (χ0n) is 10.3. The summed E-state index contributed by atoms with van der Waals surface area (Å²) in [5.74, 6) is -0.963. The first-order valence-corrected chi connectivity index (χ1v) is 5.98. The van der Waals surface area contributed by atoms with Crippen LogP contribution in [0.25, 0.3) is 0 Å². The predicted molar refractivity (Wildman–Crippen MR) is 61.2 cm³/mol. The molecule has 7 heteroatoms. The molecule has 3 N–H and O–H groups in total. The Morgan fingerprint density at radius 1 is 1.28 bits per heavy atom. The van der Waals surface area contributed by atoms with Gasteiger partial charge in [-0.05, 0) is 13.3 Å². The molecule has 0 aromatic carbocycles. The van der Waals surface area contributed by atoms with Crippen LogP contribution in [-0.4, -0.2) is 55.6 Å². The quantitative estimate of drug-likeness (QED) is 0.638.